The third kappa shape index (κ3) is 3.84. The fourth-order valence-corrected chi connectivity index (χ4v) is 3.57. The fourth-order valence-electron chi connectivity index (χ4n) is 3.57. The van der Waals surface area contributed by atoms with Crippen LogP contribution in [0, 0.1) is 17.6 Å². The molecular weight excluding hydrogens is 374 g/mol. The summed E-state index contributed by atoms with van der Waals surface area (Å²) in [7, 11) is 0. The Morgan fingerprint density at radius 1 is 1.21 bits per heavy atom. The van der Waals surface area contributed by atoms with Gasteiger partial charge in [0.1, 0.15) is 11.6 Å². The summed E-state index contributed by atoms with van der Waals surface area (Å²) in [6.45, 7) is 2.24. The van der Waals surface area contributed by atoms with E-state index in [4.69, 9.17) is 4.74 Å². The first-order chi connectivity index (χ1) is 13.2. The number of benzene rings is 2. The van der Waals surface area contributed by atoms with Gasteiger partial charge in [-0.05, 0) is 36.6 Å². The molecule has 2 aromatic rings. The van der Waals surface area contributed by atoms with E-state index in [-0.39, 0.29) is 24.2 Å². The number of likely N-dealkylation sites (tertiary alicyclic amines) is 1. The van der Waals surface area contributed by atoms with Crippen LogP contribution in [0.5, 0.6) is 0 Å². The first-order valence-corrected chi connectivity index (χ1v) is 9.09. The van der Waals surface area contributed by atoms with Gasteiger partial charge in [0.15, 0.2) is 0 Å². The molecule has 0 spiro atoms. The number of hydrogen-bond donors (Lipinski definition) is 0. The summed E-state index contributed by atoms with van der Waals surface area (Å²) < 4.78 is 62.0. The second-order valence-corrected chi connectivity index (χ2v) is 6.94. The van der Waals surface area contributed by atoms with Gasteiger partial charge in [-0.2, -0.15) is 0 Å². The molecule has 0 aromatic heterocycles. The Hall–Kier alpha value is -2.57. The van der Waals surface area contributed by atoms with E-state index in [1.165, 1.54) is 37.3 Å². The predicted octanol–water partition coefficient (Wildman–Crippen LogP) is 5.29. The maximum Gasteiger partial charge on any atom is 0.410 e. The fraction of sp³-hybridized carbons (Fsp3) is 0.381. The number of hydrogen-bond acceptors (Lipinski definition) is 2. The lowest BCUT2D eigenvalue weighted by molar-refractivity contribution is -0.0237. The highest BCUT2D eigenvalue weighted by atomic mass is 19.3. The Labute approximate surface area is 160 Å². The molecule has 0 saturated carbocycles. The zero-order valence-electron chi connectivity index (χ0n) is 15.6. The lowest BCUT2D eigenvalue weighted by Gasteiger charge is -2.26. The number of amides is 1. The molecule has 0 aliphatic carbocycles. The summed E-state index contributed by atoms with van der Waals surface area (Å²) in [5.74, 6) is -5.36. The van der Waals surface area contributed by atoms with Crippen molar-refractivity contribution >= 4 is 6.09 Å². The van der Waals surface area contributed by atoms with Gasteiger partial charge in [0.05, 0.1) is 13.2 Å². The van der Waals surface area contributed by atoms with E-state index in [1.807, 2.05) is 0 Å². The molecule has 1 saturated heterocycles. The topological polar surface area (TPSA) is 29.5 Å². The SMILES string of the molecule is CCOC(=O)N1CC(F)(F)[C@H](C)[C@@H]1Cc1cccc(-c2cccc(F)c2)c1F. The summed E-state index contributed by atoms with van der Waals surface area (Å²) in [4.78, 5) is 13.1. The highest BCUT2D eigenvalue weighted by Gasteiger charge is 2.53. The molecule has 3 nitrogen and oxygen atoms in total. The number of alkyl halides is 2. The molecule has 2 aromatic carbocycles. The summed E-state index contributed by atoms with van der Waals surface area (Å²) >= 11 is 0. The summed E-state index contributed by atoms with van der Waals surface area (Å²) in [5.41, 5.74) is 0.717. The van der Waals surface area contributed by atoms with Gasteiger partial charge in [-0.25, -0.2) is 22.4 Å². The molecule has 1 fully saturated rings. The Balaban J connectivity index is 1.93. The van der Waals surface area contributed by atoms with Crippen LogP contribution in [-0.2, 0) is 11.2 Å². The van der Waals surface area contributed by atoms with Gasteiger partial charge in [0.2, 0.25) is 0 Å². The van der Waals surface area contributed by atoms with Crippen molar-refractivity contribution in [3.8, 4) is 11.1 Å². The Bertz CT molecular complexity index is 871. The van der Waals surface area contributed by atoms with Crippen LogP contribution in [0.4, 0.5) is 22.4 Å². The summed E-state index contributed by atoms with van der Waals surface area (Å²) in [6.07, 6.45) is -0.928. The molecule has 1 aliphatic heterocycles. The van der Waals surface area contributed by atoms with Crippen molar-refractivity contribution in [2.75, 3.05) is 13.2 Å². The average molecular weight is 395 g/mol. The molecular formula is C21H21F4NO2. The van der Waals surface area contributed by atoms with Crippen molar-refractivity contribution in [2.24, 2.45) is 5.92 Å². The standard InChI is InChI=1S/C21H21F4NO2/c1-3-28-20(27)26-12-21(24,25)13(2)18(26)11-15-7-5-9-17(19(15)23)14-6-4-8-16(22)10-14/h4-10,13,18H,3,11-12H2,1-2H3/t13-,18+/m1/s1. The third-order valence-electron chi connectivity index (χ3n) is 5.17. The van der Waals surface area contributed by atoms with Crippen molar-refractivity contribution in [3.05, 3.63) is 59.7 Å². The average Bonchev–Trinajstić information content (AvgIpc) is 2.87. The van der Waals surface area contributed by atoms with Crippen molar-refractivity contribution in [3.63, 3.8) is 0 Å². The number of carbonyl (C=O) groups excluding carboxylic acids is 1. The lowest BCUT2D eigenvalue weighted by Crippen LogP contribution is -2.39. The Kier molecular flexibility index (Phi) is 5.63. The molecule has 1 aliphatic rings. The van der Waals surface area contributed by atoms with Crippen LogP contribution in [0.15, 0.2) is 42.5 Å². The Morgan fingerprint density at radius 2 is 1.93 bits per heavy atom. The van der Waals surface area contributed by atoms with Crippen molar-refractivity contribution in [2.45, 2.75) is 32.2 Å². The van der Waals surface area contributed by atoms with Gasteiger partial charge in [-0.3, -0.25) is 4.90 Å². The molecule has 7 heteroatoms. The minimum absolute atomic E-state index is 0.0609. The van der Waals surface area contributed by atoms with E-state index in [9.17, 15) is 18.0 Å². The molecule has 1 heterocycles. The smallest absolute Gasteiger partial charge is 0.410 e. The maximum absolute atomic E-state index is 15.1. The molecule has 28 heavy (non-hydrogen) atoms. The maximum atomic E-state index is 15.1. The van der Waals surface area contributed by atoms with E-state index in [0.717, 1.165) is 4.90 Å². The van der Waals surface area contributed by atoms with Gasteiger partial charge in [0, 0.05) is 17.5 Å². The predicted molar refractivity (Wildman–Crippen MR) is 97.1 cm³/mol. The van der Waals surface area contributed by atoms with Gasteiger partial charge < -0.3 is 4.74 Å². The van der Waals surface area contributed by atoms with Crippen LogP contribution in [0.25, 0.3) is 11.1 Å². The second-order valence-electron chi connectivity index (χ2n) is 6.94. The van der Waals surface area contributed by atoms with E-state index in [1.54, 1.807) is 19.1 Å². The van der Waals surface area contributed by atoms with Crippen molar-refractivity contribution in [1.82, 2.24) is 4.90 Å². The van der Waals surface area contributed by atoms with Gasteiger partial charge >= 0.3 is 6.09 Å². The molecule has 1 amide bonds. The number of halogens is 4. The molecule has 3 rings (SSSR count). The van der Waals surface area contributed by atoms with Crippen LogP contribution in [0.1, 0.15) is 19.4 Å². The minimum Gasteiger partial charge on any atom is -0.450 e. The van der Waals surface area contributed by atoms with Gasteiger partial charge in [-0.1, -0.05) is 37.3 Å². The van der Waals surface area contributed by atoms with E-state index < -0.39 is 42.2 Å². The van der Waals surface area contributed by atoms with Crippen LogP contribution in [0.2, 0.25) is 0 Å². The van der Waals surface area contributed by atoms with Crippen LogP contribution in [-0.4, -0.2) is 36.1 Å². The van der Waals surface area contributed by atoms with Gasteiger partial charge in [0.25, 0.3) is 5.92 Å². The van der Waals surface area contributed by atoms with Crippen molar-refractivity contribution < 1.29 is 27.1 Å². The highest BCUT2D eigenvalue weighted by molar-refractivity contribution is 5.69. The normalized spacial score (nSPS) is 21.0. The number of nitrogens with zero attached hydrogens (tertiary/aromatic N) is 1. The largest absolute Gasteiger partial charge is 0.450 e. The summed E-state index contributed by atoms with van der Waals surface area (Å²) in [5, 5.41) is 0. The zero-order chi connectivity index (χ0) is 20.5. The zero-order valence-corrected chi connectivity index (χ0v) is 15.6. The van der Waals surface area contributed by atoms with E-state index in [2.05, 4.69) is 0 Å². The van der Waals surface area contributed by atoms with Crippen molar-refractivity contribution in [1.29, 1.82) is 0 Å². The van der Waals surface area contributed by atoms with Gasteiger partial charge in [-0.15, -0.1) is 0 Å². The van der Waals surface area contributed by atoms with Crippen LogP contribution in [0.3, 0.4) is 0 Å². The van der Waals surface area contributed by atoms with E-state index in [0.29, 0.717) is 5.56 Å². The monoisotopic (exact) mass is 395 g/mol. The molecule has 150 valence electrons. The quantitative estimate of drug-likeness (QED) is 0.659. The lowest BCUT2D eigenvalue weighted by atomic mass is 9.92. The molecule has 0 bridgehead atoms. The van der Waals surface area contributed by atoms with E-state index >= 15 is 4.39 Å². The van der Waals surface area contributed by atoms with Crippen LogP contribution < -0.4 is 0 Å². The second kappa shape index (κ2) is 7.81. The first-order valence-electron chi connectivity index (χ1n) is 9.09. The minimum atomic E-state index is -3.09. The Morgan fingerprint density at radius 3 is 2.61 bits per heavy atom. The number of rotatable bonds is 4. The molecule has 0 radical (unpaired) electrons. The molecule has 0 unspecified atom stereocenters. The number of ether oxygens (including phenoxy) is 1. The molecule has 0 N–H and O–H groups in total. The third-order valence-corrected chi connectivity index (χ3v) is 5.17. The number of carbonyl (C=O) groups is 1. The highest BCUT2D eigenvalue weighted by Crippen LogP contribution is 2.40. The van der Waals surface area contributed by atoms with Crippen LogP contribution >= 0.6 is 0 Å². The first kappa shape index (κ1) is 20.2. The molecule has 2 atom stereocenters. The summed E-state index contributed by atoms with van der Waals surface area (Å²) in [6, 6.07) is 9.18.